The van der Waals surface area contributed by atoms with Crippen LogP contribution in [-0.4, -0.2) is 14.3 Å². The smallest absolute Gasteiger partial charge is 0.368 e. The highest BCUT2D eigenvalue weighted by molar-refractivity contribution is 7.91. The molecule has 0 radical (unpaired) electrons. The molecule has 0 saturated carbocycles. The molecule has 0 aliphatic heterocycles. The predicted octanol–water partition coefficient (Wildman–Crippen LogP) is 4.65. The zero-order valence-electron chi connectivity index (χ0n) is 16.4. The molecular formula is C22H18ClF3N2O3S. The largest absolute Gasteiger partial charge is 0.416 e. The Morgan fingerprint density at radius 2 is 1.50 bits per heavy atom. The Bertz CT molecular complexity index is 1200. The van der Waals surface area contributed by atoms with Crippen LogP contribution in [0, 0.1) is 0 Å². The lowest BCUT2D eigenvalue weighted by Crippen LogP contribution is -2.39. The summed E-state index contributed by atoms with van der Waals surface area (Å²) < 4.78 is 66.8. The van der Waals surface area contributed by atoms with Crippen molar-refractivity contribution in [3.05, 3.63) is 101 Å². The summed E-state index contributed by atoms with van der Waals surface area (Å²) in [6.45, 7) is 0. The van der Waals surface area contributed by atoms with Crippen molar-refractivity contribution in [3.63, 3.8) is 0 Å². The maximum Gasteiger partial charge on any atom is 0.416 e. The van der Waals surface area contributed by atoms with Gasteiger partial charge in [0.15, 0.2) is 9.84 Å². The second-order valence-corrected chi connectivity index (χ2v) is 9.38. The van der Waals surface area contributed by atoms with Gasteiger partial charge in [0.05, 0.1) is 10.5 Å². The van der Waals surface area contributed by atoms with Crippen LogP contribution in [0.2, 0.25) is 5.02 Å². The van der Waals surface area contributed by atoms with Crippen LogP contribution in [-0.2, 0) is 20.8 Å². The number of carbonyl (C=O) groups excluding carboxylic acids is 1. The van der Waals surface area contributed by atoms with Gasteiger partial charge in [-0.15, -0.1) is 0 Å². The third-order valence-corrected chi connectivity index (χ3v) is 6.91. The summed E-state index contributed by atoms with van der Waals surface area (Å²) in [5, 5.41) is 1.23. The Morgan fingerprint density at radius 1 is 0.906 bits per heavy atom. The maximum atomic E-state index is 13.5. The Kier molecular flexibility index (Phi) is 6.92. The average molecular weight is 483 g/mol. The summed E-state index contributed by atoms with van der Waals surface area (Å²) in [4.78, 5) is 12.0. The van der Waals surface area contributed by atoms with Crippen molar-refractivity contribution in [1.82, 2.24) is 5.32 Å². The number of nitrogens with two attached hydrogens (primary N) is 1. The number of hydrogen-bond acceptors (Lipinski definition) is 4. The Hall–Kier alpha value is -2.88. The minimum atomic E-state index is -4.69. The molecule has 0 aromatic heterocycles. The van der Waals surface area contributed by atoms with Crippen molar-refractivity contribution in [2.45, 2.75) is 22.5 Å². The van der Waals surface area contributed by atoms with E-state index in [0.717, 1.165) is 18.2 Å². The third-order valence-electron chi connectivity index (χ3n) is 4.70. The first-order valence-corrected chi connectivity index (χ1v) is 11.2. The number of halogens is 4. The lowest BCUT2D eigenvalue weighted by Gasteiger charge is -2.25. The lowest BCUT2D eigenvalue weighted by atomic mass is 10.1. The predicted molar refractivity (Wildman–Crippen MR) is 114 cm³/mol. The fourth-order valence-corrected chi connectivity index (χ4v) is 4.88. The highest BCUT2D eigenvalue weighted by atomic mass is 35.5. The number of alkyl halides is 3. The number of nitrogens with one attached hydrogen (secondary N) is 1. The van der Waals surface area contributed by atoms with Gasteiger partial charge in [-0.1, -0.05) is 54.1 Å². The van der Waals surface area contributed by atoms with Crippen LogP contribution < -0.4 is 11.1 Å². The summed E-state index contributed by atoms with van der Waals surface area (Å²) >= 11 is 5.84. The average Bonchev–Trinajstić information content (AvgIpc) is 2.74. The topological polar surface area (TPSA) is 89.3 Å². The van der Waals surface area contributed by atoms with Gasteiger partial charge < -0.3 is 5.73 Å². The van der Waals surface area contributed by atoms with Gasteiger partial charge in [0.2, 0.25) is 5.91 Å². The van der Waals surface area contributed by atoms with Gasteiger partial charge in [0.1, 0.15) is 11.4 Å². The van der Waals surface area contributed by atoms with Gasteiger partial charge in [-0.05, 0) is 47.5 Å². The molecule has 2 atom stereocenters. The van der Waals surface area contributed by atoms with Crippen LogP contribution in [0.4, 0.5) is 13.2 Å². The molecule has 0 aliphatic rings. The summed E-state index contributed by atoms with van der Waals surface area (Å²) in [6.07, 6.45) is -4.69. The van der Waals surface area contributed by atoms with Gasteiger partial charge in [0, 0.05) is 5.02 Å². The molecule has 3 aromatic carbocycles. The van der Waals surface area contributed by atoms with Crippen LogP contribution in [0.15, 0.2) is 83.8 Å². The number of carbonyl (C=O) groups is 1. The van der Waals surface area contributed by atoms with Crippen molar-refractivity contribution < 1.29 is 26.4 Å². The first kappa shape index (κ1) is 23.8. The number of hydrogen-bond donors (Lipinski definition) is 2. The Labute approximate surface area is 187 Å². The SMILES string of the molecule is NC(=O)C(N[C@@H](c1cccc(C(F)(F)F)c1)S(=O)(=O)c1ccc(Cl)cc1)c1ccccc1. The molecule has 0 saturated heterocycles. The molecule has 3 aromatic rings. The molecule has 0 bridgehead atoms. The van der Waals surface area contributed by atoms with Crippen molar-refractivity contribution in [3.8, 4) is 0 Å². The van der Waals surface area contributed by atoms with Crippen LogP contribution in [0.3, 0.4) is 0 Å². The quantitative estimate of drug-likeness (QED) is 0.513. The summed E-state index contributed by atoms with van der Waals surface area (Å²) in [7, 11) is -4.31. The van der Waals surface area contributed by atoms with Crippen LogP contribution >= 0.6 is 11.6 Å². The van der Waals surface area contributed by atoms with Crippen molar-refractivity contribution in [2.75, 3.05) is 0 Å². The molecule has 0 fully saturated rings. The van der Waals surface area contributed by atoms with E-state index < -0.39 is 38.9 Å². The van der Waals surface area contributed by atoms with E-state index in [2.05, 4.69) is 5.32 Å². The second-order valence-electron chi connectivity index (χ2n) is 6.91. The summed E-state index contributed by atoms with van der Waals surface area (Å²) in [6, 6.07) is 15.8. The second kappa shape index (κ2) is 9.32. The van der Waals surface area contributed by atoms with Gasteiger partial charge in [-0.25, -0.2) is 8.42 Å². The normalized spacial score (nSPS) is 14.0. The highest BCUT2D eigenvalue weighted by Gasteiger charge is 2.36. The van der Waals surface area contributed by atoms with E-state index in [9.17, 15) is 26.4 Å². The maximum absolute atomic E-state index is 13.5. The molecule has 1 unspecified atom stereocenters. The number of primary amides is 1. The lowest BCUT2D eigenvalue weighted by molar-refractivity contribution is -0.137. The number of rotatable bonds is 7. The van der Waals surface area contributed by atoms with Crippen LogP contribution in [0.1, 0.15) is 28.1 Å². The van der Waals surface area contributed by atoms with Crippen molar-refractivity contribution in [2.24, 2.45) is 5.73 Å². The molecule has 1 amide bonds. The van der Waals surface area contributed by atoms with E-state index >= 15 is 0 Å². The van der Waals surface area contributed by atoms with Crippen LogP contribution in [0.5, 0.6) is 0 Å². The van der Waals surface area contributed by atoms with Gasteiger partial charge >= 0.3 is 6.18 Å². The van der Waals surface area contributed by atoms with E-state index in [1.807, 2.05) is 0 Å². The minimum absolute atomic E-state index is 0.187. The highest BCUT2D eigenvalue weighted by Crippen LogP contribution is 2.35. The van der Waals surface area contributed by atoms with Gasteiger partial charge in [-0.3, -0.25) is 10.1 Å². The molecule has 0 aliphatic carbocycles. The third kappa shape index (κ3) is 5.29. The molecule has 168 valence electrons. The summed E-state index contributed by atoms with van der Waals surface area (Å²) in [5.74, 6) is -0.889. The fraction of sp³-hybridized carbons (Fsp3) is 0.136. The fourth-order valence-electron chi connectivity index (χ4n) is 3.14. The van der Waals surface area contributed by atoms with Gasteiger partial charge in [0.25, 0.3) is 0 Å². The molecule has 32 heavy (non-hydrogen) atoms. The Balaban J connectivity index is 2.15. The first-order chi connectivity index (χ1) is 15.0. The van der Waals surface area contributed by atoms with E-state index in [1.54, 1.807) is 30.3 Å². The minimum Gasteiger partial charge on any atom is -0.368 e. The van der Waals surface area contributed by atoms with Crippen molar-refractivity contribution in [1.29, 1.82) is 0 Å². The molecule has 0 spiro atoms. The molecule has 5 nitrogen and oxygen atoms in total. The van der Waals surface area contributed by atoms with Crippen molar-refractivity contribution >= 4 is 27.3 Å². The van der Waals surface area contributed by atoms with Gasteiger partial charge in [-0.2, -0.15) is 13.2 Å². The number of benzene rings is 3. The zero-order valence-corrected chi connectivity index (χ0v) is 18.0. The van der Waals surface area contributed by atoms with Crippen LogP contribution in [0.25, 0.3) is 0 Å². The van der Waals surface area contributed by atoms with E-state index in [4.69, 9.17) is 17.3 Å². The molecule has 3 rings (SSSR count). The summed E-state index contributed by atoms with van der Waals surface area (Å²) in [5.41, 5.74) is 4.64. The molecule has 0 heterocycles. The molecular weight excluding hydrogens is 465 g/mol. The van der Waals surface area contributed by atoms with E-state index in [1.165, 1.54) is 30.3 Å². The Morgan fingerprint density at radius 3 is 2.06 bits per heavy atom. The van der Waals surface area contributed by atoms with E-state index in [0.29, 0.717) is 5.56 Å². The monoisotopic (exact) mass is 482 g/mol. The molecule has 3 N–H and O–H groups in total. The number of amides is 1. The zero-order chi connectivity index (χ0) is 23.5. The first-order valence-electron chi connectivity index (χ1n) is 9.27. The van der Waals surface area contributed by atoms with E-state index in [-0.39, 0.29) is 15.5 Å². The standard InChI is InChI=1S/C22H18ClF3N2O3S/c23-17-9-11-18(12-10-17)32(30,31)21(15-7-4-8-16(13-15)22(24,25)26)28-19(20(27)29)14-5-2-1-3-6-14/h1-13,19,21,28H,(H2,27,29)/t19?,21-/m1/s1. The number of sulfone groups is 1. The molecule has 10 heteroatoms.